The monoisotopic (exact) mass is 356 g/mol. The smallest absolute Gasteiger partial charge is 0.269 e. The molecule has 136 valence electrons. The van der Waals surface area contributed by atoms with Gasteiger partial charge in [-0.3, -0.25) is 9.59 Å². The van der Waals surface area contributed by atoms with Crippen molar-refractivity contribution in [2.45, 2.75) is 25.0 Å². The van der Waals surface area contributed by atoms with Crippen molar-refractivity contribution < 1.29 is 14.7 Å². The molecule has 2 aliphatic rings. The number of carbonyl (C=O) groups excluding carboxylic acids is 2. The van der Waals surface area contributed by atoms with Crippen LogP contribution in [0.5, 0.6) is 0 Å². The van der Waals surface area contributed by atoms with Gasteiger partial charge in [-0.2, -0.15) is 5.10 Å². The van der Waals surface area contributed by atoms with Crippen LogP contribution in [-0.4, -0.2) is 56.7 Å². The summed E-state index contributed by atoms with van der Waals surface area (Å²) in [5.41, 5.74) is 6.22. The summed E-state index contributed by atoms with van der Waals surface area (Å²) < 4.78 is 1.59. The summed E-state index contributed by atoms with van der Waals surface area (Å²) in [6.45, 7) is 1.76. The van der Waals surface area contributed by atoms with Crippen LogP contribution in [0.1, 0.15) is 33.7 Å². The zero-order valence-corrected chi connectivity index (χ0v) is 14.4. The second kappa shape index (κ2) is 5.89. The number of aliphatic hydroxyl groups is 1. The topological polar surface area (TPSA) is 126 Å². The quantitative estimate of drug-likeness (QED) is 0.652. The number of nitrogens with zero attached hydrogens (tertiary/aromatic N) is 4. The summed E-state index contributed by atoms with van der Waals surface area (Å²) in [6.07, 6.45) is 2.53. The first-order valence-corrected chi connectivity index (χ1v) is 8.48. The van der Waals surface area contributed by atoms with Gasteiger partial charge in [0, 0.05) is 51.3 Å². The van der Waals surface area contributed by atoms with E-state index in [1.54, 1.807) is 23.9 Å². The van der Waals surface area contributed by atoms with Crippen molar-refractivity contribution in [2.75, 3.05) is 20.1 Å². The molecule has 9 nitrogen and oxygen atoms in total. The summed E-state index contributed by atoms with van der Waals surface area (Å²) in [6, 6.07) is 3.28. The van der Waals surface area contributed by atoms with Crippen LogP contribution >= 0.6 is 0 Å². The normalized spacial score (nSPS) is 22.5. The van der Waals surface area contributed by atoms with Gasteiger partial charge in [-0.1, -0.05) is 0 Å². The highest BCUT2D eigenvalue weighted by molar-refractivity contribution is 5.92. The number of fused-ring (bicyclic) bond motifs is 1. The lowest BCUT2D eigenvalue weighted by Gasteiger charge is -2.22. The highest BCUT2D eigenvalue weighted by Gasteiger charge is 2.45. The molecule has 0 radical (unpaired) electrons. The van der Waals surface area contributed by atoms with Crippen molar-refractivity contribution >= 4 is 11.8 Å². The SMILES string of the molecule is CN1CCC(O)(c2ccnc(-n3nc(C(N)=O)c4c3CCNC4)c2)C1=O. The van der Waals surface area contributed by atoms with Gasteiger partial charge < -0.3 is 21.1 Å². The van der Waals surface area contributed by atoms with E-state index in [1.807, 2.05) is 0 Å². The molecule has 2 amide bonds. The second-order valence-electron chi connectivity index (χ2n) is 6.72. The van der Waals surface area contributed by atoms with Gasteiger partial charge in [0.1, 0.15) is 0 Å². The van der Waals surface area contributed by atoms with Crippen LogP contribution in [0.2, 0.25) is 0 Å². The molecule has 0 aliphatic carbocycles. The minimum absolute atomic E-state index is 0.217. The van der Waals surface area contributed by atoms with E-state index < -0.39 is 11.5 Å². The van der Waals surface area contributed by atoms with Crippen molar-refractivity contribution in [3.05, 3.63) is 40.8 Å². The van der Waals surface area contributed by atoms with E-state index in [1.165, 1.54) is 11.1 Å². The van der Waals surface area contributed by atoms with E-state index in [0.717, 1.165) is 17.8 Å². The first-order chi connectivity index (χ1) is 12.4. The maximum atomic E-state index is 12.4. The van der Waals surface area contributed by atoms with Gasteiger partial charge in [0.15, 0.2) is 17.1 Å². The third kappa shape index (κ3) is 2.39. The van der Waals surface area contributed by atoms with Gasteiger partial charge >= 0.3 is 0 Å². The van der Waals surface area contributed by atoms with Crippen molar-refractivity contribution in [3.63, 3.8) is 0 Å². The maximum absolute atomic E-state index is 12.4. The molecule has 2 aromatic heterocycles. The van der Waals surface area contributed by atoms with Gasteiger partial charge in [0.2, 0.25) is 0 Å². The number of hydrogen-bond acceptors (Lipinski definition) is 6. The minimum atomic E-state index is -1.56. The summed E-state index contributed by atoms with van der Waals surface area (Å²) in [4.78, 5) is 29.9. The Hall–Kier alpha value is -2.78. The molecule has 9 heteroatoms. The number of primary amides is 1. The highest BCUT2D eigenvalue weighted by Crippen LogP contribution is 2.33. The second-order valence-corrected chi connectivity index (χ2v) is 6.72. The fourth-order valence-corrected chi connectivity index (χ4v) is 3.65. The van der Waals surface area contributed by atoms with Crippen LogP contribution in [0, 0.1) is 0 Å². The van der Waals surface area contributed by atoms with E-state index in [4.69, 9.17) is 5.73 Å². The lowest BCUT2D eigenvalue weighted by Crippen LogP contribution is -2.36. The molecule has 2 aromatic rings. The number of likely N-dealkylation sites (N-methyl/N-ethyl adjacent to an activating group) is 1. The van der Waals surface area contributed by atoms with Crippen LogP contribution in [0.15, 0.2) is 18.3 Å². The molecule has 4 rings (SSSR count). The summed E-state index contributed by atoms with van der Waals surface area (Å²) in [5, 5.41) is 18.4. The van der Waals surface area contributed by atoms with E-state index in [-0.39, 0.29) is 11.6 Å². The van der Waals surface area contributed by atoms with Gasteiger partial charge in [0.25, 0.3) is 11.8 Å². The molecule has 1 fully saturated rings. The molecule has 4 heterocycles. The van der Waals surface area contributed by atoms with E-state index in [9.17, 15) is 14.7 Å². The summed E-state index contributed by atoms with van der Waals surface area (Å²) in [5.74, 6) is -0.478. The van der Waals surface area contributed by atoms with Gasteiger partial charge in [0.05, 0.1) is 5.69 Å². The summed E-state index contributed by atoms with van der Waals surface area (Å²) in [7, 11) is 1.67. The Morgan fingerprint density at radius 1 is 1.46 bits per heavy atom. The fourth-order valence-electron chi connectivity index (χ4n) is 3.65. The fraction of sp³-hybridized carbons (Fsp3) is 0.412. The molecule has 2 aliphatic heterocycles. The zero-order valence-electron chi connectivity index (χ0n) is 14.4. The van der Waals surface area contributed by atoms with Crippen molar-refractivity contribution in [1.29, 1.82) is 0 Å². The predicted octanol–water partition coefficient (Wildman–Crippen LogP) is -0.938. The Morgan fingerprint density at radius 2 is 2.27 bits per heavy atom. The first kappa shape index (κ1) is 16.7. The molecule has 1 unspecified atom stereocenters. The Morgan fingerprint density at radius 3 is 2.96 bits per heavy atom. The molecule has 0 spiro atoms. The molecule has 0 aromatic carbocycles. The van der Waals surface area contributed by atoms with Crippen LogP contribution < -0.4 is 11.1 Å². The van der Waals surface area contributed by atoms with E-state index in [0.29, 0.717) is 37.3 Å². The highest BCUT2D eigenvalue weighted by atomic mass is 16.3. The number of nitrogens with two attached hydrogens (primary N) is 1. The van der Waals surface area contributed by atoms with Crippen LogP contribution in [0.3, 0.4) is 0 Å². The van der Waals surface area contributed by atoms with E-state index >= 15 is 0 Å². The Labute approximate surface area is 149 Å². The number of nitrogens with one attached hydrogen (secondary N) is 1. The number of rotatable bonds is 3. The van der Waals surface area contributed by atoms with Gasteiger partial charge in [-0.05, 0) is 17.7 Å². The molecule has 26 heavy (non-hydrogen) atoms. The van der Waals surface area contributed by atoms with Gasteiger partial charge in [-0.25, -0.2) is 9.67 Å². The molecule has 0 saturated carbocycles. The molecular formula is C17H20N6O3. The summed E-state index contributed by atoms with van der Waals surface area (Å²) >= 11 is 0. The first-order valence-electron chi connectivity index (χ1n) is 8.48. The molecule has 4 N–H and O–H groups in total. The molecule has 0 bridgehead atoms. The maximum Gasteiger partial charge on any atom is 0.269 e. The van der Waals surface area contributed by atoms with Crippen molar-refractivity contribution in [3.8, 4) is 5.82 Å². The zero-order chi connectivity index (χ0) is 18.5. The average Bonchev–Trinajstić information content (AvgIpc) is 3.16. The largest absolute Gasteiger partial charge is 0.375 e. The standard InChI is InChI=1S/C17H20N6O3/c1-22-7-4-17(26,16(22)25)10-2-6-20-13(8-10)23-12-3-5-19-9-11(12)14(21-23)15(18)24/h2,6,8,19,26H,3-5,7,9H2,1H3,(H2,18,24). The number of pyridine rings is 1. The molecular weight excluding hydrogens is 336 g/mol. The third-order valence-corrected chi connectivity index (χ3v) is 5.11. The molecule has 1 saturated heterocycles. The average molecular weight is 356 g/mol. The van der Waals surface area contributed by atoms with Crippen LogP contribution in [-0.2, 0) is 23.4 Å². The van der Waals surface area contributed by atoms with Crippen molar-refractivity contribution in [1.82, 2.24) is 25.0 Å². The number of carbonyl (C=O) groups is 2. The number of hydrogen-bond donors (Lipinski definition) is 3. The third-order valence-electron chi connectivity index (χ3n) is 5.11. The Kier molecular flexibility index (Phi) is 3.78. The van der Waals surface area contributed by atoms with E-state index in [2.05, 4.69) is 15.4 Å². The van der Waals surface area contributed by atoms with Gasteiger partial charge in [-0.15, -0.1) is 0 Å². The minimum Gasteiger partial charge on any atom is -0.375 e. The number of amides is 2. The Balaban J connectivity index is 1.81. The number of likely N-dealkylation sites (tertiary alicyclic amines) is 1. The number of aromatic nitrogens is 3. The predicted molar refractivity (Wildman–Crippen MR) is 91.4 cm³/mol. The Bertz CT molecular complexity index is 908. The lowest BCUT2D eigenvalue weighted by molar-refractivity contribution is -0.143. The van der Waals surface area contributed by atoms with Crippen molar-refractivity contribution in [2.24, 2.45) is 5.73 Å². The lowest BCUT2D eigenvalue weighted by atomic mass is 9.93. The van der Waals surface area contributed by atoms with Crippen LogP contribution in [0.25, 0.3) is 5.82 Å². The van der Waals surface area contributed by atoms with Crippen LogP contribution in [0.4, 0.5) is 0 Å². The molecule has 1 atom stereocenters.